The zero-order valence-electron chi connectivity index (χ0n) is 19.3. The Morgan fingerprint density at radius 1 is 1.00 bits per heavy atom. The molecule has 0 radical (unpaired) electrons. The van der Waals surface area contributed by atoms with Crippen LogP contribution in [0.4, 0.5) is 10.8 Å². The Hall–Kier alpha value is -3.59. The number of thiazole rings is 1. The van der Waals surface area contributed by atoms with Gasteiger partial charge in [0.25, 0.3) is 5.91 Å². The number of carbonyl (C=O) groups is 2. The smallest absolute Gasteiger partial charge is 0.268 e. The molecule has 35 heavy (non-hydrogen) atoms. The average Bonchev–Trinajstić information content (AvgIpc) is 3.27. The largest absolute Gasteiger partial charge is 0.364 e. The van der Waals surface area contributed by atoms with Crippen LogP contribution in [0.3, 0.4) is 0 Å². The second kappa shape index (κ2) is 10.4. The first-order chi connectivity index (χ1) is 17.0. The highest BCUT2D eigenvalue weighted by atomic mass is 32.1. The lowest BCUT2D eigenvalue weighted by Gasteiger charge is -2.27. The number of ketones is 1. The van der Waals surface area contributed by atoms with E-state index in [9.17, 15) is 9.59 Å². The van der Waals surface area contributed by atoms with Crippen molar-refractivity contribution in [1.29, 1.82) is 0 Å². The quantitative estimate of drug-likeness (QED) is 0.327. The second-order valence-electron chi connectivity index (χ2n) is 8.67. The van der Waals surface area contributed by atoms with Crippen molar-refractivity contribution in [3.05, 3.63) is 88.4 Å². The first-order valence-corrected chi connectivity index (χ1v) is 12.5. The molecule has 1 amide bonds. The minimum absolute atomic E-state index is 0.0675. The van der Waals surface area contributed by atoms with Gasteiger partial charge < -0.3 is 16.4 Å². The Labute approximate surface area is 208 Å². The van der Waals surface area contributed by atoms with E-state index in [1.165, 1.54) is 16.9 Å². The third-order valence-electron chi connectivity index (χ3n) is 6.14. The second-order valence-corrected chi connectivity index (χ2v) is 9.75. The molecular formula is C27H27N5O2S. The van der Waals surface area contributed by atoms with E-state index in [-0.39, 0.29) is 17.9 Å². The summed E-state index contributed by atoms with van der Waals surface area (Å²) in [6, 6.07) is 21.8. The van der Waals surface area contributed by atoms with Gasteiger partial charge in [0.05, 0.1) is 0 Å². The fourth-order valence-electron chi connectivity index (χ4n) is 4.28. The van der Waals surface area contributed by atoms with Crippen molar-refractivity contribution in [3.8, 4) is 0 Å². The third kappa shape index (κ3) is 5.57. The molecule has 0 saturated carbocycles. The zero-order chi connectivity index (χ0) is 24.2. The Kier molecular flexibility index (Phi) is 6.85. The molecule has 4 aromatic rings. The van der Waals surface area contributed by atoms with E-state index in [1.807, 2.05) is 60.7 Å². The highest BCUT2D eigenvalue weighted by Crippen LogP contribution is 2.29. The number of aromatic nitrogens is 1. The van der Waals surface area contributed by atoms with Crippen molar-refractivity contribution >= 4 is 44.6 Å². The molecule has 7 nitrogen and oxygen atoms in total. The SMILES string of the molecule is NC(=O)c1nc(Nc2ccc3ccccc3c2)sc1CC(=O)c1ccc(CN2CCNCC2)cc1. The first-order valence-electron chi connectivity index (χ1n) is 11.7. The molecule has 1 aliphatic rings. The van der Waals surface area contributed by atoms with E-state index in [0.717, 1.165) is 49.2 Å². The fourth-order valence-corrected chi connectivity index (χ4v) is 5.26. The van der Waals surface area contributed by atoms with E-state index in [4.69, 9.17) is 5.73 Å². The number of nitrogens with two attached hydrogens (primary N) is 1. The van der Waals surface area contributed by atoms with Gasteiger partial charge in [-0.3, -0.25) is 14.5 Å². The van der Waals surface area contributed by atoms with Crippen LogP contribution in [0.2, 0.25) is 0 Å². The number of Topliss-reactive ketones (excluding diaryl/α,β-unsaturated/α-hetero) is 1. The number of nitrogens with one attached hydrogen (secondary N) is 2. The molecule has 3 aromatic carbocycles. The molecule has 0 atom stereocenters. The lowest BCUT2D eigenvalue weighted by molar-refractivity contribution is 0.0991. The van der Waals surface area contributed by atoms with Gasteiger partial charge >= 0.3 is 0 Å². The predicted molar refractivity (Wildman–Crippen MR) is 140 cm³/mol. The van der Waals surface area contributed by atoms with Gasteiger partial charge in [0.1, 0.15) is 5.69 Å². The summed E-state index contributed by atoms with van der Waals surface area (Å²) >= 11 is 1.28. The molecular weight excluding hydrogens is 458 g/mol. The maximum absolute atomic E-state index is 13.0. The number of nitrogens with zero attached hydrogens (tertiary/aromatic N) is 2. The summed E-state index contributed by atoms with van der Waals surface area (Å²) < 4.78 is 0. The summed E-state index contributed by atoms with van der Waals surface area (Å²) in [6.07, 6.45) is 0.0759. The van der Waals surface area contributed by atoms with Crippen LogP contribution < -0.4 is 16.4 Å². The summed E-state index contributed by atoms with van der Waals surface area (Å²) in [6.45, 7) is 4.94. The van der Waals surface area contributed by atoms with E-state index < -0.39 is 5.91 Å². The third-order valence-corrected chi connectivity index (χ3v) is 7.12. The number of hydrogen-bond acceptors (Lipinski definition) is 7. The zero-order valence-corrected chi connectivity index (χ0v) is 20.1. The number of fused-ring (bicyclic) bond motifs is 1. The first kappa shape index (κ1) is 23.2. The number of amides is 1. The molecule has 0 unspecified atom stereocenters. The van der Waals surface area contributed by atoms with Crippen molar-refractivity contribution in [3.63, 3.8) is 0 Å². The molecule has 5 rings (SSSR count). The van der Waals surface area contributed by atoms with Crippen LogP contribution >= 0.6 is 11.3 Å². The van der Waals surface area contributed by atoms with E-state index in [0.29, 0.717) is 15.6 Å². The number of benzene rings is 3. The summed E-state index contributed by atoms with van der Waals surface area (Å²) in [5, 5.41) is 9.37. The minimum atomic E-state index is -0.637. The van der Waals surface area contributed by atoms with E-state index in [1.54, 1.807) is 0 Å². The van der Waals surface area contributed by atoms with Gasteiger partial charge in [-0.25, -0.2) is 4.98 Å². The molecule has 0 aliphatic carbocycles. The minimum Gasteiger partial charge on any atom is -0.364 e. The molecule has 1 saturated heterocycles. The molecule has 1 aliphatic heterocycles. The van der Waals surface area contributed by atoms with Crippen LogP contribution in [0.5, 0.6) is 0 Å². The standard InChI is InChI=1S/C27H27N5O2S/c28-26(34)25-24(35-27(31-25)30-22-10-9-19-3-1-2-4-21(19)15-22)16-23(33)20-7-5-18(6-8-20)17-32-13-11-29-12-14-32/h1-10,15,29H,11-14,16-17H2,(H2,28,34)(H,30,31). The monoisotopic (exact) mass is 485 g/mol. The summed E-state index contributed by atoms with van der Waals surface area (Å²) in [5.74, 6) is -0.705. The lowest BCUT2D eigenvalue weighted by Crippen LogP contribution is -2.42. The highest BCUT2D eigenvalue weighted by Gasteiger charge is 2.20. The molecule has 0 bridgehead atoms. The van der Waals surface area contributed by atoms with Gasteiger partial charge in [0, 0.05) is 55.3 Å². The van der Waals surface area contributed by atoms with Crippen molar-refractivity contribution in [2.45, 2.75) is 13.0 Å². The molecule has 0 spiro atoms. The van der Waals surface area contributed by atoms with Crippen LogP contribution in [0, 0.1) is 0 Å². The highest BCUT2D eigenvalue weighted by molar-refractivity contribution is 7.16. The summed E-state index contributed by atoms with van der Waals surface area (Å²) in [5.41, 5.74) is 8.36. The Balaban J connectivity index is 1.29. The number of primary amides is 1. The maximum atomic E-state index is 13.0. The molecule has 2 heterocycles. The predicted octanol–water partition coefficient (Wildman–Crippen LogP) is 3.97. The molecule has 1 fully saturated rings. The van der Waals surface area contributed by atoms with Gasteiger partial charge in [-0.15, -0.1) is 11.3 Å². The average molecular weight is 486 g/mol. The Bertz CT molecular complexity index is 1360. The normalized spacial score (nSPS) is 14.2. The van der Waals surface area contributed by atoms with Crippen LogP contribution in [0.25, 0.3) is 10.8 Å². The summed E-state index contributed by atoms with van der Waals surface area (Å²) in [4.78, 5) is 32.4. The Morgan fingerprint density at radius 2 is 1.74 bits per heavy atom. The van der Waals surface area contributed by atoms with E-state index in [2.05, 4.69) is 26.6 Å². The lowest BCUT2D eigenvalue weighted by atomic mass is 10.0. The van der Waals surface area contributed by atoms with Gasteiger partial charge in [0.15, 0.2) is 10.9 Å². The number of hydrogen-bond donors (Lipinski definition) is 3. The molecule has 1 aromatic heterocycles. The summed E-state index contributed by atoms with van der Waals surface area (Å²) in [7, 11) is 0. The van der Waals surface area contributed by atoms with Crippen molar-refractivity contribution < 1.29 is 9.59 Å². The number of anilines is 2. The van der Waals surface area contributed by atoms with Gasteiger partial charge in [-0.05, 0) is 28.5 Å². The van der Waals surface area contributed by atoms with Crippen molar-refractivity contribution in [2.24, 2.45) is 5.73 Å². The van der Waals surface area contributed by atoms with Crippen LogP contribution in [0.15, 0.2) is 66.7 Å². The van der Waals surface area contributed by atoms with Gasteiger partial charge in [-0.2, -0.15) is 0 Å². The van der Waals surface area contributed by atoms with Crippen LogP contribution in [-0.4, -0.2) is 47.8 Å². The van der Waals surface area contributed by atoms with Crippen molar-refractivity contribution in [2.75, 3.05) is 31.5 Å². The fraction of sp³-hybridized carbons (Fsp3) is 0.222. The molecule has 8 heteroatoms. The topological polar surface area (TPSA) is 100 Å². The Morgan fingerprint density at radius 3 is 2.49 bits per heavy atom. The van der Waals surface area contributed by atoms with E-state index >= 15 is 0 Å². The van der Waals surface area contributed by atoms with Crippen LogP contribution in [0.1, 0.15) is 31.3 Å². The number of piperazine rings is 1. The van der Waals surface area contributed by atoms with Gasteiger partial charge in [-0.1, -0.05) is 54.6 Å². The van der Waals surface area contributed by atoms with Crippen LogP contribution in [-0.2, 0) is 13.0 Å². The van der Waals surface area contributed by atoms with Crippen molar-refractivity contribution in [1.82, 2.24) is 15.2 Å². The maximum Gasteiger partial charge on any atom is 0.268 e. The molecule has 178 valence electrons. The molecule has 4 N–H and O–H groups in total. The number of carbonyl (C=O) groups excluding carboxylic acids is 2. The van der Waals surface area contributed by atoms with Gasteiger partial charge in [0.2, 0.25) is 0 Å². The number of rotatable bonds is 8.